The third kappa shape index (κ3) is 1.51. The topological polar surface area (TPSA) is 108 Å². The largest absolute Gasteiger partial charge is 0.465 e. The molecule has 0 saturated carbocycles. The second kappa shape index (κ2) is 3.19. The van der Waals surface area contributed by atoms with Gasteiger partial charge in [-0.15, -0.1) is 0 Å². The Balaban J connectivity index is 3.09. The summed E-state index contributed by atoms with van der Waals surface area (Å²) in [4.78, 5) is 0. The molecule has 0 fully saturated rings. The Morgan fingerprint density at radius 2 is 1.92 bits per heavy atom. The number of nitrogens with two attached hydrogens (primary N) is 3. The molecule has 5 heteroatoms. The van der Waals surface area contributed by atoms with E-state index >= 15 is 0 Å². The Morgan fingerprint density at radius 1 is 1.25 bits per heavy atom. The van der Waals surface area contributed by atoms with Gasteiger partial charge in [0, 0.05) is 11.8 Å². The average Bonchev–Trinajstić information content (AvgIpc) is 2.00. The number of hydrogen-bond acceptors (Lipinski definition) is 5. The number of anilines is 3. The third-order valence-electron chi connectivity index (χ3n) is 1.42. The summed E-state index contributed by atoms with van der Waals surface area (Å²) in [7, 11) is 0. The highest BCUT2D eigenvalue weighted by atomic mass is 16.6. The van der Waals surface area contributed by atoms with E-state index in [2.05, 4.69) is 0 Å². The zero-order valence-electron chi connectivity index (χ0n) is 6.45. The molecule has 12 heavy (non-hydrogen) atoms. The molecule has 0 aliphatic heterocycles. The van der Waals surface area contributed by atoms with Crippen molar-refractivity contribution < 1.29 is 9.84 Å². The smallest absolute Gasteiger partial charge is 0.186 e. The standard InChI is InChI=1S/C7H11N3O2/c8-4-1-5(9)7(10)6(2-4)12-3-11/h1-2,11H,3,8-10H2. The first-order valence-corrected chi connectivity index (χ1v) is 3.33. The van der Waals surface area contributed by atoms with Gasteiger partial charge in [-0.2, -0.15) is 0 Å². The Bertz CT molecular complexity index is 288. The first-order chi connectivity index (χ1) is 5.65. The molecule has 0 amide bonds. The summed E-state index contributed by atoms with van der Waals surface area (Å²) in [6.07, 6.45) is 0. The summed E-state index contributed by atoms with van der Waals surface area (Å²) < 4.78 is 4.77. The molecule has 0 spiro atoms. The summed E-state index contributed by atoms with van der Waals surface area (Å²) in [6, 6.07) is 3.03. The fourth-order valence-electron chi connectivity index (χ4n) is 0.859. The van der Waals surface area contributed by atoms with Gasteiger partial charge >= 0.3 is 0 Å². The predicted molar refractivity (Wildman–Crippen MR) is 47.4 cm³/mol. The summed E-state index contributed by atoms with van der Waals surface area (Å²) in [5.41, 5.74) is 17.6. The van der Waals surface area contributed by atoms with Crippen molar-refractivity contribution in [3.8, 4) is 5.75 Å². The van der Waals surface area contributed by atoms with Crippen LogP contribution in [-0.4, -0.2) is 11.9 Å². The van der Waals surface area contributed by atoms with Crippen LogP contribution in [-0.2, 0) is 0 Å². The average molecular weight is 169 g/mol. The van der Waals surface area contributed by atoms with Gasteiger partial charge < -0.3 is 27.0 Å². The van der Waals surface area contributed by atoms with Gasteiger partial charge in [0.25, 0.3) is 0 Å². The fraction of sp³-hybridized carbons (Fsp3) is 0.143. The van der Waals surface area contributed by atoms with E-state index in [0.717, 1.165) is 0 Å². The van der Waals surface area contributed by atoms with Crippen LogP contribution in [0.25, 0.3) is 0 Å². The predicted octanol–water partition coefficient (Wildman–Crippen LogP) is -0.238. The minimum Gasteiger partial charge on any atom is -0.465 e. The maximum atomic E-state index is 8.47. The Labute approximate surface area is 69.7 Å². The summed E-state index contributed by atoms with van der Waals surface area (Å²) >= 11 is 0. The quantitative estimate of drug-likeness (QED) is 0.361. The van der Waals surface area contributed by atoms with Crippen molar-refractivity contribution >= 4 is 17.1 Å². The minimum absolute atomic E-state index is 0.290. The number of nitrogen functional groups attached to an aromatic ring is 3. The highest BCUT2D eigenvalue weighted by Crippen LogP contribution is 2.30. The SMILES string of the molecule is Nc1cc(N)c(N)c(OCO)c1. The van der Waals surface area contributed by atoms with E-state index in [1.165, 1.54) is 12.1 Å². The maximum Gasteiger partial charge on any atom is 0.186 e. The molecule has 66 valence electrons. The monoisotopic (exact) mass is 169 g/mol. The maximum absolute atomic E-state index is 8.47. The molecule has 7 N–H and O–H groups in total. The van der Waals surface area contributed by atoms with Crippen LogP contribution in [0.5, 0.6) is 5.75 Å². The molecule has 0 aliphatic rings. The molecule has 1 rings (SSSR count). The minimum atomic E-state index is -0.451. The second-order valence-corrected chi connectivity index (χ2v) is 2.30. The number of rotatable bonds is 2. The van der Waals surface area contributed by atoms with Gasteiger partial charge in [0.05, 0.1) is 11.4 Å². The van der Waals surface area contributed by atoms with E-state index in [1.807, 2.05) is 0 Å². The molecule has 0 radical (unpaired) electrons. The molecule has 1 aromatic carbocycles. The van der Waals surface area contributed by atoms with Crippen molar-refractivity contribution in [2.45, 2.75) is 0 Å². The van der Waals surface area contributed by atoms with Gasteiger partial charge in [-0.25, -0.2) is 0 Å². The van der Waals surface area contributed by atoms with E-state index in [9.17, 15) is 0 Å². The van der Waals surface area contributed by atoms with Crippen molar-refractivity contribution in [2.75, 3.05) is 24.0 Å². The van der Waals surface area contributed by atoms with Crippen LogP contribution in [0.2, 0.25) is 0 Å². The molecular formula is C7H11N3O2. The lowest BCUT2D eigenvalue weighted by Crippen LogP contribution is -2.03. The van der Waals surface area contributed by atoms with Crippen LogP contribution >= 0.6 is 0 Å². The van der Waals surface area contributed by atoms with Crippen molar-refractivity contribution in [3.63, 3.8) is 0 Å². The number of benzene rings is 1. The van der Waals surface area contributed by atoms with Gasteiger partial charge in [-0.05, 0) is 6.07 Å². The van der Waals surface area contributed by atoms with Crippen LogP contribution in [0.4, 0.5) is 17.1 Å². The molecule has 0 aromatic heterocycles. The van der Waals surface area contributed by atoms with E-state index in [-0.39, 0.29) is 0 Å². The van der Waals surface area contributed by atoms with Gasteiger partial charge in [-0.3, -0.25) is 0 Å². The van der Waals surface area contributed by atoms with Crippen LogP contribution in [0.1, 0.15) is 0 Å². The van der Waals surface area contributed by atoms with Gasteiger partial charge in [0.1, 0.15) is 5.75 Å². The molecule has 0 heterocycles. The van der Waals surface area contributed by atoms with Crippen molar-refractivity contribution in [1.29, 1.82) is 0 Å². The molecule has 1 aromatic rings. The molecule has 5 nitrogen and oxygen atoms in total. The Morgan fingerprint density at radius 3 is 2.50 bits per heavy atom. The lowest BCUT2D eigenvalue weighted by atomic mass is 10.2. The summed E-state index contributed by atoms with van der Waals surface area (Å²) in [6.45, 7) is -0.451. The number of ether oxygens (including phenoxy) is 1. The van der Waals surface area contributed by atoms with Crippen molar-refractivity contribution in [3.05, 3.63) is 12.1 Å². The van der Waals surface area contributed by atoms with Crippen LogP contribution < -0.4 is 21.9 Å². The number of aliphatic hydroxyl groups is 1. The molecular weight excluding hydrogens is 158 g/mol. The third-order valence-corrected chi connectivity index (χ3v) is 1.42. The van der Waals surface area contributed by atoms with Crippen LogP contribution in [0.3, 0.4) is 0 Å². The highest BCUT2D eigenvalue weighted by Gasteiger charge is 2.04. The number of aliphatic hydroxyl groups excluding tert-OH is 1. The van der Waals surface area contributed by atoms with E-state index in [0.29, 0.717) is 22.8 Å². The molecule has 0 saturated heterocycles. The zero-order valence-corrected chi connectivity index (χ0v) is 6.45. The Kier molecular flexibility index (Phi) is 2.25. The highest BCUT2D eigenvalue weighted by molar-refractivity contribution is 5.75. The lowest BCUT2D eigenvalue weighted by Gasteiger charge is -2.08. The Hall–Kier alpha value is -1.62. The van der Waals surface area contributed by atoms with Gasteiger partial charge in [0.2, 0.25) is 0 Å². The first-order valence-electron chi connectivity index (χ1n) is 3.33. The molecule has 0 atom stereocenters. The van der Waals surface area contributed by atoms with E-state index < -0.39 is 6.79 Å². The molecule has 0 unspecified atom stereocenters. The van der Waals surface area contributed by atoms with Crippen LogP contribution in [0, 0.1) is 0 Å². The summed E-state index contributed by atoms with van der Waals surface area (Å²) in [5, 5.41) is 8.47. The fourth-order valence-corrected chi connectivity index (χ4v) is 0.859. The lowest BCUT2D eigenvalue weighted by molar-refractivity contribution is 0.0994. The van der Waals surface area contributed by atoms with Crippen molar-refractivity contribution in [2.24, 2.45) is 0 Å². The second-order valence-electron chi connectivity index (χ2n) is 2.30. The normalized spacial score (nSPS) is 9.75. The molecule has 0 bridgehead atoms. The van der Waals surface area contributed by atoms with E-state index in [4.69, 9.17) is 27.0 Å². The first kappa shape index (κ1) is 8.48. The van der Waals surface area contributed by atoms with Crippen LogP contribution in [0.15, 0.2) is 12.1 Å². The number of hydrogen-bond donors (Lipinski definition) is 4. The van der Waals surface area contributed by atoms with Crippen molar-refractivity contribution in [1.82, 2.24) is 0 Å². The summed E-state index contributed by atoms with van der Waals surface area (Å²) in [5.74, 6) is 0.301. The van der Waals surface area contributed by atoms with E-state index in [1.54, 1.807) is 0 Å². The molecule has 0 aliphatic carbocycles. The van der Waals surface area contributed by atoms with Gasteiger partial charge in [-0.1, -0.05) is 0 Å². The van der Waals surface area contributed by atoms with Gasteiger partial charge in [0.15, 0.2) is 6.79 Å². The zero-order chi connectivity index (χ0) is 9.14.